The van der Waals surface area contributed by atoms with E-state index in [1.54, 1.807) is 0 Å². The van der Waals surface area contributed by atoms with Crippen LogP contribution in [0.1, 0.15) is 0 Å². The summed E-state index contributed by atoms with van der Waals surface area (Å²) in [5, 5.41) is -0.00693. The third-order valence-corrected chi connectivity index (χ3v) is 5.84. The van der Waals surface area contributed by atoms with Crippen LogP contribution in [-0.4, -0.2) is 7.91 Å². The average molecular weight is 366 g/mol. The van der Waals surface area contributed by atoms with Gasteiger partial charge >= 0.3 is 0 Å². The van der Waals surface area contributed by atoms with Gasteiger partial charge in [-0.3, -0.25) is 17.5 Å². The highest BCUT2D eigenvalue weighted by molar-refractivity contribution is 7.12. The Kier molecular flexibility index (Phi) is 4.46. The highest BCUT2D eigenvalue weighted by Gasteiger charge is 2.14. The molecular weight excluding hydrogens is 362 g/mol. The van der Waals surface area contributed by atoms with Crippen LogP contribution in [0, 0.1) is 0 Å². The van der Waals surface area contributed by atoms with Crippen LogP contribution >= 0.6 is 69.5 Å². The Balaban J connectivity index is 2.22. The maximum absolute atomic E-state index is 11.6. The van der Waals surface area contributed by atoms with E-state index >= 15 is 0 Å². The third-order valence-electron chi connectivity index (χ3n) is 2.06. The fourth-order valence-electron chi connectivity index (χ4n) is 1.22. The minimum Gasteiger partial charge on any atom is -0.267 e. The van der Waals surface area contributed by atoms with Crippen molar-refractivity contribution in [3.63, 3.8) is 0 Å². The van der Waals surface area contributed by atoms with Crippen LogP contribution in [0.15, 0.2) is 9.59 Å². The molecule has 4 nitrogen and oxygen atoms in total. The summed E-state index contributed by atoms with van der Waals surface area (Å²) in [6.45, 7) is 0.562. The monoisotopic (exact) mass is 364 g/mol. The van der Waals surface area contributed by atoms with Crippen molar-refractivity contribution >= 4 is 69.5 Å². The molecule has 0 spiro atoms. The minimum atomic E-state index is -0.367. The number of hydrogen-bond acceptors (Lipinski definition) is 4. The molecule has 0 atom stereocenters. The Morgan fingerprint density at radius 2 is 1.11 bits per heavy atom. The summed E-state index contributed by atoms with van der Waals surface area (Å²) >= 11 is 24.9. The van der Waals surface area contributed by atoms with Gasteiger partial charge in [-0.2, -0.15) is 0 Å². The molecule has 2 heterocycles. The molecule has 0 aliphatic carbocycles. The van der Waals surface area contributed by atoms with Gasteiger partial charge in [0.15, 0.2) is 0 Å². The van der Waals surface area contributed by atoms with E-state index in [9.17, 15) is 9.59 Å². The van der Waals surface area contributed by atoms with Gasteiger partial charge in [-0.25, -0.2) is 0 Å². The van der Waals surface area contributed by atoms with Gasteiger partial charge in [0.05, 0.1) is 13.1 Å². The molecule has 2 aromatic rings. The molecule has 0 radical (unpaired) electrons. The molecule has 18 heavy (non-hydrogen) atoms. The van der Waals surface area contributed by atoms with Crippen molar-refractivity contribution < 1.29 is 0 Å². The topological polar surface area (TPSA) is 44.0 Å². The smallest absolute Gasteiger partial charge is 0.267 e. The molecule has 0 aliphatic rings. The second-order valence-electron chi connectivity index (χ2n) is 3.17. The van der Waals surface area contributed by atoms with Crippen LogP contribution in [0.2, 0.25) is 18.7 Å². The van der Waals surface area contributed by atoms with Gasteiger partial charge in [0.1, 0.15) is 18.7 Å². The lowest BCUT2D eigenvalue weighted by Gasteiger charge is -2.00. The third kappa shape index (κ3) is 2.64. The first-order valence-electron chi connectivity index (χ1n) is 4.52. The van der Waals surface area contributed by atoms with Gasteiger partial charge in [0, 0.05) is 0 Å². The van der Waals surface area contributed by atoms with Crippen LogP contribution in [0.3, 0.4) is 0 Å². The van der Waals surface area contributed by atoms with Crippen molar-refractivity contribution in [2.24, 2.45) is 0 Å². The molecule has 0 fully saturated rings. The number of rotatable bonds is 3. The molecule has 0 amide bonds. The molecule has 2 rings (SSSR count). The largest absolute Gasteiger partial charge is 0.281 e. The van der Waals surface area contributed by atoms with Crippen molar-refractivity contribution in [2.45, 2.75) is 13.1 Å². The molecule has 0 bridgehead atoms. The average Bonchev–Trinajstić information content (AvgIpc) is 2.72. The van der Waals surface area contributed by atoms with Gasteiger partial charge in [-0.15, -0.1) is 0 Å². The first kappa shape index (κ1) is 14.4. The van der Waals surface area contributed by atoms with Crippen molar-refractivity contribution in [3.05, 3.63) is 39.4 Å². The molecule has 0 unspecified atom stereocenters. The number of aromatic nitrogens is 2. The summed E-state index contributed by atoms with van der Waals surface area (Å²) in [5.74, 6) is 0. The van der Waals surface area contributed by atoms with E-state index in [4.69, 9.17) is 46.4 Å². The van der Waals surface area contributed by atoms with E-state index in [-0.39, 0.29) is 42.9 Å². The number of nitrogens with zero attached hydrogens (tertiary/aromatic N) is 2. The van der Waals surface area contributed by atoms with E-state index < -0.39 is 0 Å². The van der Waals surface area contributed by atoms with Crippen molar-refractivity contribution in [1.29, 1.82) is 0 Å². The second-order valence-corrected chi connectivity index (χ2v) is 7.20. The molecular formula is C8H4Cl4N2O2S2. The molecule has 0 aliphatic heterocycles. The minimum absolute atomic E-state index is 0.00346. The summed E-state index contributed by atoms with van der Waals surface area (Å²) in [6.07, 6.45) is 0. The Morgan fingerprint density at radius 1 is 0.778 bits per heavy atom. The molecule has 2 aromatic heterocycles. The molecule has 0 saturated heterocycles. The maximum Gasteiger partial charge on any atom is 0.281 e. The Labute approximate surface area is 129 Å². The van der Waals surface area contributed by atoms with E-state index in [0.29, 0.717) is 0 Å². The predicted molar refractivity (Wildman–Crippen MR) is 77.2 cm³/mol. The molecule has 0 N–H and O–H groups in total. The standard InChI is InChI=1S/C8H4Cl4N2O2S2/c9-3-5(11)17-13(7(3)15)1-2-14-8(16)4(10)6(12)18-14/h1-2H2. The molecule has 10 heteroatoms. The normalized spacial score (nSPS) is 11.1. The highest BCUT2D eigenvalue weighted by Crippen LogP contribution is 2.25. The predicted octanol–water partition coefficient (Wildman–Crippen LogP) is 3.45. The van der Waals surface area contributed by atoms with Crippen LogP contribution in [0.5, 0.6) is 0 Å². The van der Waals surface area contributed by atoms with Crippen molar-refractivity contribution in [3.8, 4) is 0 Å². The molecule has 0 aromatic carbocycles. The SMILES string of the molecule is O=c1c(Cl)c(Cl)sn1CCn1sc(Cl)c(Cl)c1=O. The fraction of sp³-hybridized carbons (Fsp3) is 0.250. The Bertz CT molecular complexity index is 639. The van der Waals surface area contributed by atoms with Gasteiger partial charge < -0.3 is 0 Å². The number of aryl methyl sites for hydroxylation is 2. The first-order chi connectivity index (χ1) is 8.41. The van der Waals surface area contributed by atoms with Gasteiger partial charge in [0.2, 0.25) is 0 Å². The Morgan fingerprint density at radius 3 is 1.33 bits per heavy atom. The van der Waals surface area contributed by atoms with E-state index in [1.807, 2.05) is 0 Å². The first-order valence-corrected chi connectivity index (χ1v) is 7.58. The number of hydrogen-bond donors (Lipinski definition) is 0. The summed E-state index contributed by atoms with van der Waals surface area (Å²) < 4.78 is 3.21. The van der Waals surface area contributed by atoms with Crippen molar-refractivity contribution in [2.75, 3.05) is 0 Å². The quantitative estimate of drug-likeness (QED) is 0.836. The van der Waals surface area contributed by atoms with Gasteiger partial charge in [0.25, 0.3) is 11.1 Å². The summed E-state index contributed by atoms with van der Waals surface area (Å²) in [6, 6.07) is 0. The Hall–Kier alpha value is 0.0200. The highest BCUT2D eigenvalue weighted by atomic mass is 35.5. The lowest BCUT2D eigenvalue weighted by atomic mass is 10.6. The second kappa shape index (κ2) is 5.56. The number of halogens is 4. The lowest BCUT2D eigenvalue weighted by molar-refractivity contribution is 0.620. The van der Waals surface area contributed by atoms with E-state index in [2.05, 4.69) is 0 Å². The van der Waals surface area contributed by atoms with Gasteiger partial charge in [-0.1, -0.05) is 46.4 Å². The zero-order valence-electron chi connectivity index (χ0n) is 8.45. The summed E-state index contributed by atoms with van der Waals surface area (Å²) in [4.78, 5) is 23.2. The van der Waals surface area contributed by atoms with E-state index in [1.165, 1.54) is 7.91 Å². The summed E-state index contributed by atoms with van der Waals surface area (Å²) in [5.41, 5.74) is -0.734. The fourth-order valence-corrected chi connectivity index (χ4v) is 3.81. The van der Waals surface area contributed by atoms with Gasteiger partial charge in [-0.05, 0) is 23.1 Å². The van der Waals surface area contributed by atoms with Crippen molar-refractivity contribution in [1.82, 2.24) is 7.91 Å². The van der Waals surface area contributed by atoms with Crippen LogP contribution in [-0.2, 0) is 13.1 Å². The lowest BCUT2D eigenvalue weighted by Crippen LogP contribution is -2.20. The van der Waals surface area contributed by atoms with Crippen LogP contribution < -0.4 is 11.1 Å². The van der Waals surface area contributed by atoms with Crippen LogP contribution in [0.25, 0.3) is 0 Å². The maximum atomic E-state index is 11.6. The van der Waals surface area contributed by atoms with Crippen LogP contribution in [0.4, 0.5) is 0 Å². The molecule has 0 saturated carbocycles. The zero-order chi connectivity index (χ0) is 13.4. The zero-order valence-corrected chi connectivity index (χ0v) is 13.1. The molecule has 98 valence electrons. The summed E-state index contributed by atoms with van der Waals surface area (Å²) in [7, 11) is 0. The van der Waals surface area contributed by atoms with E-state index in [0.717, 1.165) is 23.1 Å².